The predicted octanol–water partition coefficient (Wildman–Crippen LogP) is 6.26. The van der Waals surface area contributed by atoms with Gasteiger partial charge in [0.05, 0.1) is 0 Å². The summed E-state index contributed by atoms with van der Waals surface area (Å²) in [6.45, 7) is 18.4. The lowest BCUT2D eigenvalue weighted by Gasteiger charge is -2.44. The SMILES string of the molecule is CCC(C)C(NC(=O)OC(C)(C)C)C(=O)N(C(C(=O)Nc1c(C)cccc1C)c1cccc(O)c1)C(C)(C)C. The number of phenolic OH excluding ortho intramolecular Hbond substituents is 1. The van der Waals surface area contributed by atoms with Crippen molar-refractivity contribution in [2.45, 2.75) is 98.9 Å². The molecule has 39 heavy (non-hydrogen) atoms. The number of rotatable bonds is 8. The number of para-hydroxylation sites is 1. The Bertz CT molecular complexity index is 1160. The summed E-state index contributed by atoms with van der Waals surface area (Å²) in [5, 5.41) is 16.1. The quantitative estimate of drug-likeness (QED) is 0.367. The lowest BCUT2D eigenvalue weighted by molar-refractivity contribution is -0.147. The minimum Gasteiger partial charge on any atom is -0.508 e. The predicted molar refractivity (Wildman–Crippen MR) is 155 cm³/mol. The van der Waals surface area contributed by atoms with Crippen LogP contribution in [0.15, 0.2) is 42.5 Å². The highest BCUT2D eigenvalue weighted by Crippen LogP contribution is 2.34. The van der Waals surface area contributed by atoms with Gasteiger partial charge in [0.15, 0.2) is 0 Å². The molecule has 214 valence electrons. The molecular formula is C31H45N3O5. The van der Waals surface area contributed by atoms with Gasteiger partial charge >= 0.3 is 6.09 Å². The highest BCUT2D eigenvalue weighted by atomic mass is 16.6. The molecular weight excluding hydrogens is 494 g/mol. The van der Waals surface area contributed by atoms with Crippen LogP contribution < -0.4 is 10.6 Å². The lowest BCUT2D eigenvalue weighted by atomic mass is 9.91. The highest BCUT2D eigenvalue weighted by Gasteiger charge is 2.43. The Morgan fingerprint density at radius 1 is 0.974 bits per heavy atom. The Hall–Kier alpha value is -3.55. The molecule has 3 atom stereocenters. The van der Waals surface area contributed by atoms with Crippen LogP contribution in [0.4, 0.5) is 10.5 Å². The van der Waals surface area contributed by atoms with Gasteiger partial charge in [0.1, 0.15) is 23.4 Å². The standard InChI is InChI=1S/C31H45N3O5/c1-11-19(2)25(33-29(38)39-31(8,9)10)28(37)34(30(5,6)7)26(22-16-13-17-23(35)18-22)27(36)32-24-20(3)14-12-15-21(24)4/h12-19,25-26,35H,11H2,1-10H3,(H,32,36)(H,33,38). The molecule has 0 radical (unpaired) electrons. The number of carbonyl (C=O) groups is 3. The van der Waals surface area contributed by atoms with E-state index < -0.39 is 41.1 Å². The largest absolute Gasteiger partial charge is 0.508 e. The number of carbonyl (C=O) groups excluding carboxylic acids is 3. The van der Waals surface area contributed by atoms with E-state index >= 15 is 0 Å². The fraction of sp³-hybridized carbons (Fsp3) is 0.516. The smallest absolute Gasteiger partial charge is 0.408 e. The maximum Gasteiger partial charge on any atom is 0.408 e. The third-order valence-electron chi connectivity index (χ3n) is 6.53. The zero-order chi connectivity index (χ0) is 29.7. The molecule has 0 aliphatic rings. The van der Waals surface area contributed by atoms with E-state index in [4.69, 9.17) is 4.74 Å². The van der Waals surface area contributed by atoms with Gasteiger partial charge in [0, 0.05) is 11.2 Å². The summed E-state index contributed by atoms with van der Waals surface area (Å²) in [5.74, 6) is -1.13. The van der Waals surface area contributed by atoms with Crippen LogP contribution in [0.25, 0.3) is 0 Å². The summed E-state index contributed by atoms with van der Waals surface area (Å²) in [4.78, 5) is 42.8. The van der Waals surface area contributed by atoms with Gasteiger partial charge in [-0.2, -0.15) is 0 Å². The molecule has 8 heteroatoms. The number of alkyl carbamates (subject to hydrolysis) is 1. The molecule has 2 aromatic carbocycles. The topological polar surface area (TPSA) is 108 Å². The van der Waals surface area contributed by atoms with Crippen LogP contribution in [0.5, 0.6) is 5.75 Å². The molecule has 3 amide bonds. The molecule has 3 N–H and O–H groups in total. The maximum atomic E-state index is 14.4. The Morgan fingerprint density at radius 3 is 2.03 bits per heavy atom. The lowest BCUT2D eigenvalue weighted by Crippen LogP contribution is -2.59. The van der Waals surface area contributed by atoms with Crippen LogP contribution in [-0.4, -0.2) is 45.1 Å². The Morgan fingerprint density at radius 2 is 1.54 bits per heavy atom. The number of aryl methyl sites for hydroxylation is 2. The average Bonchev–Trinajstić information content (AvgIpc) is 2.80. The number of hydrogen-bond acceptors (Lipinski definition) is 5. The van der Waals surface area contributed by atoms with Crippen molar-refractivity contribution >= 4 is 23.6 Å². The van der Waals surface area contributed by atoms with E-state index in [0.717, 1.165) is 11.1 Å². The monoisotopic (exact) mass is 539 g/mol. The Labute approximate surface area is 233 Å². The van der Waals surface area contributed by atoms with Crippen molar-refractivity contribution in [2.75, 3.05) is 5.32 Å². The first-order chi connectivity index (χ1) is 18.0. The third-order valence-corrected chi connectivity index (χ3v) is 6.53. The van der Waals surface area contributed by atoms with Gasteiger partial charge in [0.25, 0.3) is 5.91 Å². The first-order valence-corrected chi connectivity index (χ1v) is 13.4. The average molecular weight is 540 g/mol. The Kier molecular flexibility index (Phi) is 10.2. The fourth-order valence-corrected chi connectivity index (χ4v) is 4.43. The maximum absolute atomic E-state index is 14.4. The number of amides is 3. The minimum absolute atomic E-state index is 0.0240. The molecule has 0 spiro atoms. The van der Waals surface area contributed by atoms with E-state index in [1.54, 1.807) is 32.9 Å². The first kappa shape index (κ1) is 31.7. The molecule has 0 fully saturated rings. The molecule has 3 unspecified atom stereocenters. The minimum atomic E-state index is -1.10. The molecule has 2 aromatic rings. The molecule has 0 bridgehead atoms. The summed E-state index contributed by atoms with van der Waals surface area (Å²) in [6.07, 6.45) is -0.0980. The number of aromatic hydroxyl groups is 1. The molecule has 0 aliphatic heterocycles. The van der Waals surface area contributed by atoms with Crippen LogP contribution >= 0.6 is 0 Å². The zero-order valence-corrected chi connectivity index (χ0v) is 25.0. The van der Waals surface area contributed by atoms with Crippen LogP contribution in [0.2, 0.25) is 0 Å². The van der Waals surface area contributed by atoms with E-state index in [1.165, 1.54) is 17.0 Å². The second-order valence-electron chi connectivity index (χ2n) is 12.1. The summed E-state index contributed by atoms with van der Waals surface area (Å²) < 4.78 is 5.46. The Balaban J connectivity index is 2.65. The van der Waals surface area contributed by atoms with Crippen LogP contribution in [0, 0.1) is 19.8 Å². The van der Waals surface area contributed by atoms with Crippen molar-refractivity contribution in [3.05, 3.63) is 59.2 Å². The number of benzene rings is 2. The first-order valence-electron chi connectivity index (χ1n) is 13.4. The van der Waals surface area contributed by atoms with Crippen molar-refractivity contribution in [3.63, 3.8) is 0 Å². The van der Waals surface area contributed by atoms with E-state index in [9.17, 15) is 19.5 Å². The molecule has 0 saturated heterocycles. The molecule has 0 aliphatic carbocycles. The van der Waals surface area contributed by atoms with Crippen LogP contribution in [-0.2, 0) is 14.3 Å². The van der Waals surface area contributed by atoms with Gasteiger partial charge in [-0.25, -0.2) is 4.79 Å². The van der Waals surface area contributed by atoms with Crippen molar-refractivity contribution in [1.29, 1.82) is 0 Å². The second kappa shape index (κ2) is 12.5. The zero-order valence-electron chi connectivity index (χ0n) is 25.0. The summed E-state index contributed by atoms with van der Waals surface area (Å²) >= 11 is 0. The fourth-order valence-electron chi connectivity index (χ4n) is 4.43. The summed E-state index contributed by atoms with van der Waals surface area (Å²) in [6, 6.07) is 10.0. The van der Waals surface area contributed by atoms with E-state index in [2.05, 4.69) is 10.6 Å². The van der Waals surface area contributed by atoms with Crippen molar-refractivity contribution in [1.82, 2.24) is 10.2 Å². The summed E-state index contributed by atoms with van der Waals surface area (Å²) in [7, 11) is 0. The number of nitrogens with one attached hydrogen (secondary N) is 2. The van der Waals surface area contributed by atoms with Crippen LogP contribution in [0.1, 0.15) is 84.5 Å². The molecule has 0 saturated carbocycles. The normalized spacial score (nSPS) is 14.1. The van der Waals surface area contributed by atoms with Crippen molar-refractivity contribution in [3.8, 4) is 5.75 Å². The molecule has 8 nitrogen and oxygen atoms in total. The molecule has 0 heterocycles. The highest BCUT2D eigenvalue weighted by molar-refractivity contribution is 6.00. The van der Waals surface area contributed by atoms with Gasteiger partial charge in [0.2, 0.25) is 5.91 Å². The van der Waals surface area contributed by atoms with Gasteiger partial charge in [-0.15, -0.1) is 0 Å². The summed E-state index contributed by atoms with van der Waals surface area (Å²) in [5.41, 5.74) is 1.30. The molecule has 0 aromatic heterocycles. The van der Waals surface area contributed by atoms with Crippen molar-refractivity contribution < 1.29 is 24.2 Å². The number of nitrogens with zero attached hydrogens (tertiary/aromatic N) is 1. The third kappa shape index (κ3) is 8.47. The van der Waals surface area contributed by atoms with Gasteiger partial charge in [-0.1, -0.05) is 50.6 Å². The second-order valence-corrected chi connectivity index (χ2v) is 12.1. The number of anilines is 1. The molecule has 2 rings (SSSR count). The van der Waals surface area contributed by atoms with E-state index in [1.807, 2.05) is 66.7 Å². The number of ether oxygens (including phenoxy) is 1. The van der Waals surface area contributed by atoms with Gasteiger partial charge in [-0.05, 0) is 90.1 Å². The van der Waals surface area contributed by atoms with Crippen molar-refractivity contribution in [2.24, 2.45) is 5.92 Å². The van der Waals surface area contributed by atoms with E-state index in [-0.39, 0.29) is 11.7 Å². The van der Waals surface area contributed by atoms with Gasteiger partial charge < -0.3 is 25.4 Å². The van der Waals surface area contributed by atoms with E-state index in [0.29, 0.717) is 17.7 Å². The number of phenols is 1. The number of hydrogen-bond donors (Lipinski definition) is 3. The van der Waals surface area contributed by atoms with Gasteiger partial charge in [-0.3, -0.25) is 9.59 Å². The van der Waals surface area contributed by atoms with Crippen LogP contribution in [0.3, 0.4) is 0 Å².